The van der Waals surface area contributed by atoms with E-state index in [4.69, 9.17) is 0 Å². The SMILES string of the molecule is Cc1cc(Br)ccc1NC(=O)C1CN(c2cc(-n3cncn3)ncn2)C1. The Morgan fingerprint density at radius 1 is 1.19 bits per heavy atom. The maximum Gasteiger partial charge on any atom is 0.231 e. The van der Waals surface area contributed by atoms with Gasteiger partial charge in [0.05, 0.1) is 5.92 Å². The maximum atomic E-state index is 12.5. The van der Waals surface area contributed by atoms with Gasteiger partial charge in [0, 0.05) is 29.3 Å². The van der Waals surface area contributed by atoms with E-state index < -0.39 is 0 Å². The molecule has 26 heavy (non-hydrogen) atoms. The van der Waals surface area contributed by atoms with Crippen LogP contribution in [0.5, 0.6) is 0 Å². The lowest BCUT2D eigenvalue weighted by Gasteiger charge is -2.39. The number of nitrogens with zero attached hydrogens (tertiary/aromatic N) is 6. The molecule has 3 aromatic rings. The van der Waals surface area contributed by atoms with Crippen LogP contribution in [0, 0.1) is 12.8 Å². The number of anilines is 2. The summed E-state index contributed by atoms with van der Waals surface area (Å²) in [6, 6.07) is 7.64. The van der Waals surface area contributed by atoms with Crippen LogP contribution in [-0.4, -0.2) is 43.7 Å². The molecule has 0 aliphatic carbocycles. The molecule has 2 aromatic heterocycles. The standard InChI is InChI=1S/C17H16BrN7O/c1-11-4-13(18)2-3-14(11)23-17(26)12-6-24(7-12)15-5-16(21-9-20-15)25-10-19-8-22-25/h2-5,8-10,12H,6-7H2,1H3,(H,23,26). The molecule has 1 saturated heterocycles. The zero-order valence-corrected chi connectivity index (χ0v) is 15.6. The summed E-state index contributed by atoms with van der Waals surface area (Å²) in [5.74, 6) is 1.38. The third kappa shape index (κ3) is 3.30. The van der Waals surface area contributed by atoms with Crippen LogP contribution in [0.1, 0.15) is 5.56 Å². The Morgan fingerprint density at radius 2 is 2.00 bits per heavy atom. The summed E-state index contributed by atoms with van der Waals surface area (Å²) in [6.45, 7) is 3.21. The van der Waals surface area contributed by atoms with Crippen molar-refractivity contribution in [2.75, 3.05) is 23.3 Å². The fourth-order valence-corrected chi connectivity index (χ4v) is 3.27. The Labute approximate surface area is 158 Å². The molecule has 1 aliphatic rings. The largest absolute Gasteiger partial charge is 0.355 e. The van der Waals surface area contributed by atoms with Gasteiger partial charge in [-0.2, -0.15) is 5.10 Å². The number of benzene rings is 1. The third-order valence-electron chi connectivity index (χ3n) is 4.31. The number of halogens is 1. The third-order valence-corrected chi connectivity index (χ3v) is 4.81. The second-order valence-corrected chi connectivity index (χ2v) is 7.04. The van der Waals surface area contributed by atoms with Crippen molar-refractivity contribution >= 4 is 33.3 Å². The van der Waals surface area contributed by atoms with Gasteiger partial charge in [0.2, 0.25) is 5.91 Å². The Kier molecular flexibility index (Phi) is 4.37. The van der Waals surface area contributed by atoms with Crippen molar-refractivity contribution in [1.29, 1.82) is 0 Å². The molecule has 0 radical (unpaired) electrons. The van der Waals surface area contributed by atoms with E-state index in [1.165, 1.54) is 12.7 Å². The second kappa shape index (κ2) is 6.83. The first-order valence-corrected chi connectivity index (χ1v) is 8.88. The molecule has 0 bridgehead atoms. The highest BCUT2D eigenvalue weighted by Crippen LogP contribution is 2.26. The van der Waals surface area contributed by atoms with Crippen molar-refractivity contribution in [1.82, 2.24) is 24.7 Å². The number of hydrogen-bond acceptors (Lipinski definition) is 6. The minimum atomic E-state index is -0.0668. The highest BCUT2D eigenvalue weighted by molar-refractivity contribution is 9.10. The minimum Gasteiger partial charge on any atom is -0.355 e. The molecule has 1 aromatic carbocycles. The van der Waals surface area contributed by atoms with E-state index in [1.807, 2.05) is 36.1 Å². The van der Waals surface area contributed by atoms with Gasteiger partial charge in [-0.15, -0.1) is 0 Å². The summed E-state index contributed by atoms with van der Waals surface area (Å²) >= 11 is 3.43. The van der Waals surface area contributed by atoms with Gasteiger partial charge >= 0.3 is 0 Å². The van der Waals surface area contributed by atoms with Crippen LogP contribution in [0.3, 0.4) is 0 Å². The fourth-order valence-electron chi connectivity index (χ4n) is 2.80. The normalized spacial score (nSPS) is 14.2. The number of hydrogen-bond donors (Lipinski definition) is 1. The zero-order chi connectivity index (χ0) is 18.1. The van der Waals surface area contributed by atoms with E-state index in [1.54, 1.807) is 11.0 Å². The Balaban J connectivity index is 1.39. The number of aromatic nitrogens is 5. The molecule has 3 heterocycles. The van der Waals surface area contributed by atoms with Crippen LogP contribution in [0.4, 0.5) is 11.5 Å². The van der Waals surface area contributed by atoms with Gasteiger partial charge in [0.15, 0.2) is 5.82 Å². The number of nitrogens with one attached hydrogen (secondary N) is 1. The van der Waals surface area contributed by atoms with Crippen molar-refractivity contribution in [2.45, 2.75) is 6.92 Å². The van der Waals surface area contributed by atoms with Gasteiger partial charge in [-0.1, -0.05) is 15.9 Å². The van der Waals surface area contributed by atoms with Crippen LogP contribution in [0.2, 0.25) is 0 Å². The minimum absolute atomic E-state index is 0.0252. The lowest BCUT2D eigenvalue weighted by atomic mass is 9.99. The average Bonchev–Trinajstić information content (AvgIpc) is 3.11. The predicted molar refractivity (Wildman–Crippen MR) is 100 cm³/mol. The van der Waals surface area contributed by atoms with Crippen molar-refractivity contribution in [2.24, 2.45) is 5.92 Å². The van der Waals surface area contributed by atoms with E-state index in [0.29, 0.717) is 18.9 Å². The summed E-state index contributed by atoms with van der Waals surface area (Å²) in [5.41, 5.74) is 1.87. The van der Waals surface area contributed by atoms with E-state index in [2.05, 4.69) is 41.3 Å². The van der Waals surface area contributed by atoms with E-state index in [9.17, 15) is 4.79 Å². The smallest absolute Gasteiger partial charge is 0.231 e. The highest BCUT2D eigenvalue weighted by Gasteiger charge is 2.33. The summed E-state index contributed by atoms with van der Waals surface area (Å²) < 4.78 is 2.57. The summed E-state index contributed by atoms with van der Waals surface area (Å²) in [6.07, 6.45) is 4.53. The van der Waals surface area contributed by atoms with Crippen molar-refractivity contribution in [3.05, 3.63) is 53.3 Å². The van der Waals surface area contributed by atoms with E-state index in [-0.39, 0.29) is 11.8 Å². The predicted octanol–water partition coefficient (Wildman–Crippen LogP) is 2.20. The maximum absolute atomic E-state index is 12.5. The van der Waals surface area contributed by atoms with Gasteiger partial charge in [0.25, 0.3) is 0 Å². The molecular formula is C17H16BrN7O. The van der Waals surface area contributed by atoms with Crippen molar-refractivity contribution < 1.29 is 4.79 Å². The number of amides is 1. The van der Waals surface area contributed by atoms with Crippen molar-refractivity contribution in [3.63, 3.8) is 0 Å². The monoisotopic (exact) mass is 413 g/mol. The van der Waals surface area contributed by atoms with E-state index >= 15 is 0 Å². The molecule has 0 unspecified atom stereocenters. The van der Waals surface area contributed by atoms with Crippen LogP contribution in [0.15, 0.2) is 47.7 Å². The van der Waals surface area contributed by atoms with Gasteiger partial charge in [-0.3, -0.25) is 4.79 Å². The number of carbonyl (C=O) groups is 1. The van der Waals surface area contributed by atoms with Gasteiger partial charge in [-0.05, 0) is 30.7 Å². The topological polar surface area (TPSA) is 88.8 Å². The second-order valence-electron chi connectivity index (χ2n) is 6.12. The lowest BCUT2D eigenvalue weighted by molar-refractivity contribution is -0.120. The summed E-state index contributed by atoms with van der Waals surface area (Å²) in [7, 11) is 0. The molecule has 0 spiro atoms. The summed E-state index contributed by atoms with van der Waals surface area (Å²) in [4.78, 5) is 26.9. The number of carbonyl (C=O) groups excluding carboxylic acids is 1. The molecule has 1 fully saturated rings. The van der Waals surface area contributed by atoms with Gasteiger partial charge < -0.3 is 10.2 Å². The van der Waals surface area contributed by atoms with Crippen LogP contribution in [-0.2, 0) is 4.79 Å². The lowest BCUT2D eigenvalue weighted by Crippen LogP contribution is -2.52. The van der Waals surface area contributed by atoms with Crippen LogP contribution >= 0.6 is 15.9 Å². The Hall–Kier alpha value is -2.81. The molecular weight excluding hydrogens is 398 g/mol. The Bertz CT molecular complexity index is 938. The molecule has 1 N–H and O–H groups in total. The molecule has 4 rings (SSSR count). The zero-order valence-electron chi connectivity index (χ0n) is 14.0. The van der Waals surface area contributed by atoms with Crippen LogP contribution < -0.4 is 10.2 Å². The molecule has 1 amide bonds. The van der Waals surface area contributed by atoms with E-state index in [0.717, 1.165) is 21.5 Å². The molecule has 132 valence electrons. The molecule has 9 heteroatoms. The fraction of sp³-hybridized carbons (Fsp3) is 0.235. The summed E-state index contributed by atoms with van der Waals surface area (Å²) in [5, 5.41) is 7.07. The first-order chi connectivity index (χ1) is 12.6. The quantitative estimate of drug-likeness (QED) is 0.704. The first-order valence-electron chi connectivity index (χ1n) is 8.09. The molecule has 0 saturated carbocycles. The number of rotatable bonds is 4. The molecule has 8 nitrogen and oxygen atoms in total. The Morgan fingerprint density at radius 3 is 2.73 bits per heavy atom. The van der Waals surface area contributed by atoms with Gasteiger partial charge in [-0.25, -0.2) is 19.6 Å². The first kappa shape index (κ1) is 16.6. The highest BCUT2D eigenvalue weighted by atomic mass is 79.9. The molecule has 0 atom stereocenters. The van der Waals surface area contributed by atoms with Gasteiger partial charge in [0.1, 0.15) is 24.8 Å². The van der Waals surface area contributed by atoms with Crippen LogP contribution in [0.25, 0.3) is 5.82 Å². The molecule has 1 aliphatic heterocycles. The number of aryl methyl sites for hydroxylation is 1. The van der Waals surface area contributed by atoms with Crippen molar-refractivity contribution in [3.8, 4) is 5.82 Å². The average molecular weight is 414 g/mol.